The number of nitrogens with two attached hydrogens (primary N) is 1. The van der Waals surface area contributed by atoms with Gasteiger partial charge >= 0.3 is 0 Å². The average molecular weight is 329 g/mol. The Morgan fingerprint density at radius 1 is 1.56 bits per heavy atom. The summed E-state index contributed by atoms with van der Waals surface area (Å²) >= 11 is 8.25. The first-order valence-electron chi connectivity index (χ1n) is 5.68. The molecule has 1 unspecified atom stereocenters. The van der Waals surface area contributed by atoms with E-state index in [1.807, 2.05) is 31.2 Å². The van der Waals surface area contributed by atoms with Crippen molar-refractivity contribution in [1.82, 2.24) is 4.90 Å². The van der Waals surface area contributed by atoms with E-state index in [-0.39, 0.29) is 11.9 Å². The van der Waals surface area contributed by atoms with Gasteiger partial charge in [0.25, 0.3) is 0 Å². The van der Waals surface area contributed by atoms with Crippen molar-refractivity contribution in [3.05, 3.63) is 34.3 Å². The van der Waals surface area contributed by atoms with Crippen LogP contribution in [0.5, 0.6) is 0 Å². The molecule has 0 aromatic heterocycles. The van der Waals surface area contributed by atoms with Gasteiger partial charge in [0.1, 0.15) is 0 Å². The van der Waals surface area contributed by atoms with E-state index in [0.717, 1.165) is 10.0 Å². The second-order valence-corrected chi connectivity index (χ2v) is 5.77. The van der Waals surface area contributed by atoms with Crippen LogP contribution in [0.4, 0.5) is 0 Å². The lowest BCUT2D eigenvalue weighted by Gasteiger charge is -2.24. The highest BCUT2D eigenvalue weighted by molar-refractivity contribution is 9.10. The molecular formula is C13H17BrN2OS. The minimum Gasteiger partial charge on any atom is -0.393 e. The van der Waals surface area contributed by atoms with E-state index in [0.29, 0.717) is 17.8 Å². The first-order chi connectivity index (χ1) is 8.40. The topological polar surface area (TPSA) is 46.3 Å². The predicted molar refractivity (Wildman–Crippen MR) is 81.5 cm³/mol. The van der Waals surface area contributed by atoms with Gasteiger partial charge in [-0.3, -0.25) is 4.79 Å². The molecule has 0 aliphatic rings. The minimum atomic E-state index is 0.0298. The van der Waals surface area contributed by atoms with E-state index in [1.54, 1.807) is 11.9 Å². The maximum atomic E-state index is 12.1. The van der Waals surface area contributed by atoms with Crippen molar-refractivity contribution in [3.8, 4) is 0 Å². The fourth-order valence-electron chi connectivity index (χ4n) is 1.62. The summed E-state index contributed by atoms with van der Waals surface area (Å²) in [6, 6.07) is 7.78. The lowest BCUT2D eigenvalue weighted by atomic mass is 10.1. The molecule has 98 valence electrons. The van der Waals surface area contributed by atoms with Crippen LogP contribution in [0.3, 0.4) is 0 Å². The average Bonchev–Trinajstić information content (AvgIpc) is 2.27. The first-order valence-corrected chi connectivity index (χ1v) is 6.88. The van der Waals surface area contributed by atoms with Gasteiger partial charge in [-0.25, -0.2) is 0 Å². The Morgan fingerprint density at radius 2 is 2.22 bits per heavy atom. The van der Waals surface area contributed by atoms with Crippen molar-refractivity contribution in [2.24, 2.45) is 5.73 Å². The molecule has 1 atom stereocenters. The fraction of sp³-hybridized carbons (Fsp3) is 0.385. The standard InChI is InChI=1S/C13H17BrN2OS/c1-9(6-12(15)18)16(2)13(17)8-10-4-3-5-11(14)7-10/h3-5,7,9H,6,8H2,1-2H3,(H2,15,18). The molecule has 1 aromatic rings. The molecule has 0 saturated heterocycles. The molecule has 1 amide bonds. The number of hydrogen-bond acceptors (Lipinski definition) is 2. The summed E-state index contributed by atoms with van der Waals surface area (Å²) in [4.78, 5) is 14.2. The van der Waals surface area contributed by atoms with Gasteiger partial charge in [0.05, 0.1) is 11.4 Å². The molecule has 2 N–H and O–H groups in total. The van der Waals surface area contributed by atoms with E-state index in [2.05, 4.69) is 15.9 Å². The highest BCUT2D eigenvalue weighted by Gasteiger charge is 2.16. The summed E-state index contributed by atoms with van der Waals surface area (Å²) in [5.74, 6) is 0.0665. The molecule has 0 radical (unpaired) electrons. The van der Waals surface area contributed by atoms with Crippen LogP contribution in [0.25, 0.3) is 0 Å². The Balaban J connectivity index is 2.62. The lowest BCUT2D eigenvalue weighted by molar-refractivity contribution is -0.130. The van der Waals surface area contributed by atoms with E-state index in [9.17, 15) is 4.79 Å². The number of amides is 1. The zero-order valence-corrected chi connectivity index (χ0v) is 12.9. The number of carbonyl (C=O) groups is 1. The summed E-state index contributed by atoms with van der Waals surface area (Å²) in [7, 11) is 1.78. The van der Waals surface area contributed by atoms with Gasteiger partial charge in [-0.2, -0.15) is 0 Å². The van der Waals surface area contributed by atoms with Crippen molar-refractivity contribution < 1.29 is 4.79 Å². The molecular weight excluding hydrogens is 312 g/mol. The summed E-state index contributed by atoms with van der Waals surface area (Å²) < 4.78 is 0.978. The lowest BCUT2D eigenvalue weighted by Crippen LogP contribution is -2.38. The maximum absolute atomic E-state index is 12.1. The maximum Gasteiger partial charge on any atom is 0.226 e. The van der Waals surface area contributed by atoms with Gasteiger partial charge in [0, 0.05) is 24.0 Å². The summed E-state index contributed by atoms with van der Waals surface area (Å²) in [5.41, 5.74) is 6.48. The number of hydrogen-bond donors (Lipinski definition) is 1. The SMILES string of the molecule is CC(CC(N)=S)N(C)C(=O)Cc1cccc(Br)c1. The van der Waals surface area contributed by atoms with E-state index < -0.39 is 0 Å². The Morgan fingerprint density at radius 3 is 2.78 bits per heavy atom. The molecule has 0 spiro atoms. The molecule has 18 heavy (non-hydrogen) atoms. The van der Waals surface area contributed by atoms with Gasteiger partial charge in [-0.05, 0) is 24.6 Å². The number of rotatable bonds is 5. The molecule has 1 rings (SSSR count). The molecule has 0 aliphatic heterocycles. The summed E-state index contributed by atoms with van der Waals surface area (Å²) in [6.45, 7) is 1.94. The van der Waals surface area contributed by atoms with Crippen molar-refractivity contribution in [3.63, 3.8) is 0 Å². The first kappa shape index (κ1) is 15.1. The predicted octanol–water partition coefficient (Wildman–Crippen LogP) is 2.51. The number of likely N-dealkylation sites (N-methyl/N-ethyl adjacent to an activating group) is 1. The molecule has 0 heterocycles. The van der Waals surface area contributed by atoms with Crippen LogP contribution in [-0.2, 0) is 11.2 Å². The number of thiocarbonyl (C=S) groups is 1. The van der Waals surface area contributed by atoms with Gasteiger partial charge in [-0.1, -0.05) is 40.3 Å². The minimum absolute atomic E-state index is 0.0298. The monoisotopic (exact) mass is 328 g/mol. The van der Waals surface area contributed by atoms with Crippen molar-refractivity contribution in [2.45, 2.75) is 25.8 Å². The molecule has 0 saturated carbocycles. The van der Waals surface area contributed by atoms with E-state index >= 15 is 0 Å². The smallest absolute Gasteiger partial charge is 0.226 e. The zero-order chi connectivity index (χ0) is 13.7. The molecule has 1 aromatic carbocycles. The second-order valence-electron chi connectivity index (χ2n) is 4.33. The van der Waals surface area contributed by atoms with E-state index in [4.69, 9.17) is 18.0 Å². The highest BCUT2D eigenvalue weighted by atomic mass is 79.9. The van der Waals surface area contributed by atoms with Gasteiger partial charge < -0.3 is 10.6 Å². The Bertz CT molecular complexity index is 450. The van der Waals surface area contributed by atoms with E-state index in [1.165, 1.54) is 0 Å². The van der Waals surface area contributed by atoms with Crippen LogP contribution in [0.1, 0.15) is 18.9 Å². The molecule has 3 nitrogen and oxygen atoms in total. The molecule has 5 heteroatoms. The third-order valence-corrected chi connectivity index (χ3v) is 3.46. The van der Waals surface area contributed by atoms with Gasteiger partial charge in [0.15, 0.2) is 0 Å². The second kappa shape index (κ2) is 6.85. The third-order valence-electron chi connectivity index (χ3n) is 2.80. The van der Waals surface area contributed by atoms with Gasteiger partial charge in [-0.15, -0.1) is 0 Å². The Hall–Kier alpha value is -0.940. The van der Waals surface area contributed by atoms with Gasteiger partial charge in [0.2, 0.25) is 5.91 Å². The molecule has 0 aliphatic carbocycles. The largest absolute Gasteiger partial charge is 0.393 e. The molecule has 0 fully saturated rings. The van der Waals surface area contributed by atoms with Crippen LogP contribution < -0.4 is 5.73 Å². The Labute approximate surface area is 121 Å². The number of benzene rings is 1. The quantitative estimate of drug-likeness (QED) is 0.845. The van der Waals surface area contributed by atoms with Crippen LogP contribution in [-0.4, -0.2) is 28.9 Å². The number of nitrogens with zero attached hydrogens (tertiary/aromatic N) is 1. The normalized spacial score (nSPS) is 11.9. The zero-order valence-electron chi connectivity index (χ0n) is 10.5. The van der Waals surface area contributed by atoms with Crippen molar-refractivity contribution >= 4 is 39.0 Å². The summed E-state index contributed by atoms with van der Waals surface area (Å²) in [5, 5.41) is 0. The van der Waals surface area contributed by atoms with Crippen LogP contribution in [0, 0.1) is 0 Å². The number of carbonyl (C=O) groups excluding carboxylic acids is 1. The van der Waals surface area contributed by atoms with Crippen molar-refractivity contribution in [1.29, 1.82) is 0 Å². The Kier molecular flexibility index (Phi) is 5.75. The fourth-order valence-corrected chi connectivity index (χ4v) is 2.31. The van der Waals surface area contributed by atoms with Crippen LogP contribution in [0.2, 0.25) is 0 Å². The summed E-state index contributed by atoms with van der Waals surface area (Å²) in [6.07, 6.45) is 0.938. The van der Waals surface area contributed by atoms with Crippen LogP contribution in [0.15, 0.2) is 28.7 Å². The highest BCUT2D eigenvalue weighted by Crippen LogP contribution is 2.13. The van der Waals surface area contributed by atoms with Crippen molar-refractivity contribution in [2.75, 3.05) is 7.05 Å². The molecule has 0 bridgehead atoms. The number of halogens is 1. The third kappa shape index (κ3) is 4.74. The van der Waals surface area contributed by atoms with Crippen LogP contribution >= 0.6 is 28.1 Å².